The maximum absolute atomic E-state index is 6.05. The van der Waals surface area contributed by atoms with E-state index < -0.39 is 16.6 Å². The minimum Gasteiger partial charge on any atom is -0.544 e. The fraction of sp³-hybridized carbons (Fsp3) is 0.714. The zero-order valence-electron chi connectivity index (χ0n) is 13.8. The summed E-state index contributed by atoms with van der Waals surface area (Å²) < 4.78 is 17.6. The number of allylic oxidation sites excluding steroid dienone is 2. The predicted molar refractivity (Wildman–Crippen MR) is 86.9 cm³/mol. The Bertz CT molecular complexity index is 323. The van der Waals surface area contributed by atoms with Crippen LogP contribution in [0.15, 0.2) is 23.9 Å². The maximum Gasteiger partial charge on any atom is 0.268 e. The number of rotatable bonds is 8. The van der Waals surface area contributed by atoms with Gasteiger partial charge >= 0.3 is 0 Å². The molecule has 0 aliphatic carbocycles. The summed E-state index contributed by atoms with van der Waals surface area (Å²) in [5.74, 6) is 1.45. The Morgan fingerprint density at radius 3 is 1.79 bits per heavy atom. The lowest BCUT2D eigenvalue weighted by Gasteiger charge is -2.24. The minimum atomic E-state index is -1.67. The largest absolute Gasteiger partial charge is 0.544 e. The molecule has 0 rings (SSSR count). The molecule has 0 aromatic heterocycles. The molecule has 0 saturated heterocycles. The van der Waals surface area contributed by atoms with Crippen LogP contribution in [0, 0.1) is 0 Å². The second-order valence-electron chi connectivity index (χ2n) is 6.34. The maximum atomic E-state index is 6.05. The molecule has 0 fully saturated rings. The van der Waals surface area contributed by atoms with E-state index in [4.69, 9.17) is 13.6 Å². The molecule has 112 valence electrons. The van der Waals surface area contributed by atoms with Gasteiger partial charge in [0.2, 0.25) is 16.6 Å². The van der Waals surface area contributed by atoms with E-state index >= 15 is 0 Å². The van der Waals surface area contributed by atoms with Gasteiger partial charge in [0.1, 0.15) is 5.76 Å². The van der Waals surface area contributed by atoms with Crippen LogP contribution in [0.5, 0.6) is 0 Å². The topological polar surface area (TPSA) is 27.7 Å². The van der Waals surface area contributed by atoms with Crippen LogP contribution in [-0.4, -0.2) is 23.2 Å². The Morgan fingerprint density at radius 1 is 0.895 bits per heavy atom. The van der Waals surface area contributed by atoms with E-state index in [-0.39, 0.29) is 0 Å². The Labute approximate surface area is 120 Å². The first-order valence-corrected chi connectivity index (χ1v) is 13.8. The summed E-state index contributed by atoms with van der Waals surface area (Å²) in [6.45, 7) is 17.6. The van der Waals surface area contributed by atoms with Gasteiger partial charge in [-0.2, -0.15) is 0 Å². The van der Waals surface area contributed by atoms with Gasteiger partial charge in [-0.05, 0) is 58.7 Å². The number of hydrogen-bond acceptors (Lipinski definition) is 3. The van der Waals surface area contributed by atoms with Crippen LogP contribution in [0.3, 0.4) is 0 Å². The first-order valence-electron chi connectivity index (χ1n) is 7.00. The third-order valence-electron chi connectivity index (χ3n) is 1.78. The fourth-order valence-corrected chi connectivity index (χ4v) is 2.92. The molecule has 0 unspecified atom stereocenters. The van der Waals surface area contributed by atoms with Crippen molar-refractivity contribution in [2.45, 2.75) is 59.6 Å². The monoisotopic (exact) mass is 302 g/mol. The number of hydrogen-bond donors (Lipinski definition) is 0. The molecule has 0 amide bonds. The van der Waals surface area contributed by atoms with Crippen LogP contribution in [0.1, 0.15) is 20.3 Å². The van der Waals surface area contributed by atoms with E-state index in [2.05, 4.69) is 52.3 Å². The van der Waals surface area contributed by atoms with E-state index in [0.29, 0.717) is 12.6 Å². The van der Waals surface area contributed by atoms with E-state index in [0.717, 1.165) is 12.2 Å². The Hall–Kier alpha value is -0.686. The van der Waals surface area contributed by atoms with Crippen molar-refractivity contribution in [2.75, 3.05) is 6.61 Å². The lowest BCUT2D eigenvalue weighted by Crippen LogP contribution is -2.27. The standard InChI is InChI=1S/C14H30O3Si2/c1-9-11-13(16-18(3,4)5)12-14(15-10-2)17-19(6,7)8/h11-12H,9-10H2,1-8H3. The molecule has 0 aliphatic rings. The van der Waals surface area contributed by atoms with Crippen molar-refractivity contribution in [1.82, 2.24) is 0 Å². The SMILES string of the molecule is CCC=C(C=C(OCC)O[Si](C)(C)C)O[Si](C)(C)C. The average Bonchev–Trinajstić information content (AvgIpc) is 2.12. The van der Waals surface area contributed by atoms with Crippen molar-refractivity contribution >= 4 is 16.6 Å². The molecule has 3 nitrogen and oxygen atoms in total. The van der Waals surface area contributed by atoms with Crippen molar-refractivity contribution in [3.8, 4) is 0 Å². The smallest absolute Gasteiger partial charge is 0.268 e. The summed E-state index contributed by atoms with van der Waals surface area (Å²) in [5.41, 5.74) is 0. The van der Waals surface area contributed by atoms with Crippen LogP contribution in [0.2, 0.25) is 39.3 Å². The van der Waals surface area contributed by atoms with Crippen molar-refractivity contribution < 1.29 is 13.6 Å². The Balaban J connectivity index is 5.07. The molecule has 0 aliphatic heterocycles. The normalized spacial score (nSPS) is 14.3. The fourth-order valence-electron chi connectivity index (χ4n) is 1.35. The van der Waals surface area contributed by atoms with Gasteiger partial charge in [-0.15, -0.1) is 0 Å². The van der Waals surface area contributed by atoms with Crippen molar-refractivity contribution in [1.29, 1.82) is 0 Å². The van der Waals surface area contributed by atoms with E-state index in [1.54, 1.807) is 0 Å². The second-order valence-corrected chi connectivity index (χ2v) is 15.2. The quantitative estimate of drug-likeness (QED) is 0.364. The zero-order valence-corrected chi connectivity index (χ0v) is 15.8. The molecule has 0 spiro atoms. The molecule has 19 heavy (non-hydrogen) atoms. The first-order chi connectivity index (χ1) is 8.57. The number of ether oxygens (including phenoxy) is 1. The predicted octanol–water partition coefficient (Wildman–Crippen LogP) is 4.86. The van der Waals surface area contributed by atoms with Crippen LogP contribution in [0.4, 0.5) is 0 Å². The molecular formula is C14H30O3Si2. The molecule has 0 heterocycles. The van der Waals surface area contributed by atoms with Crippen LogP contribution in [-0.2, 0) is 13.6 Å². The lowest BCUT2D eigenvalue weighted by atomic mass is 10.3. The van der Waals surface area contributed by atoms with Crippen LogP contribution >= 0.6 is 0 Å². The molecule has 5 heteroatoms. The van der Waals surface area contributed by atoms with Gasteiger partial charge in [0.05, 0.1) is 12.7 Å². The Kier molecular flexibility index (Phi) is 7.51. The summed E-state index contributed by atoms with van der Waals surface area (Å²) >= 11 is 0. The van der Waals surface area contributed by atoms with Crippen molar-refractivity contribution in [3.05, 3.63) is 23.9 Å². The highest BCUT2D eigenvalue weighted by Crippen LogP contribution is 2.18. The lowest BCUT2D eigenvalue weighted by molar-refractivity contribution is 0.111. The van der Waals surface area contributed by atoms with Gasteiger partial charge in [-0.1, -0.05) is 6.92 Å². The molecule has 0 atom stereocenters. The zero-order chi connectivity index (χ0) is 15.1. The molecule has 0 radical (unpaired) electrons. The van der Waals surface area contributed by atoms with Gasteiger partial charge < -0.3 is 13.6 Å². The first kappa shape index (κ1) is 18.3. The summed E-state index contributed by atoms with van der Waals surface area (Å²) in [5, 5.41) is 0. The summed E-state index contributed by atoms with van der Waals surface area (Å²) in [6.07, 6.45) is 4.90. The van der Waals surface area contributed by atoms with Gasteiger partial charge in [0.15, 0.2) is 0 Å². The molecular weight excluding hydrogens is 272 g/mol. The van der Waals surface area contributed by atoms with Gasteiger partial charge in [-0.3, -0.25) is 0 Å². The molecule has 0 N–H and O–H groups in total. The van der Waals surface area contributed by atoms with Gasteiger partial charge in [-0.25, -0.2) is 0 Å². The summed E-state index contributed by atoms with van der Waals surface area (Å²) in [6, 6.07) is 0. The summed E-state index contributed by atoms with van der Waals surface area (Å²) in [7, 11) is -3.29. The van der Waals surface area contributed by atoms with Crippen LogP contribution < -0.4 is 0 Å². The third-order valence-corrected chi connectivity index (χ3v) is 3.44. The highest BCUT2D eigenvalue weighted by atomic mass is 28.4. The van der Waals surface area contributed by atoms with Crippen LogP contribution in [0.25, 0.3) is 0 Å². The molecule has 0 aromatic rings. The molecule has 0 saturated carbocycles. The molecule has 0 bridgehead atoms. The van der Waals surface area contributed by atoms with E-state index in [1.807, 2.05) is 13.0 Å². The highest BCUT2D eigenvalue weighted by Gasteiger charge is 2.21. The van der Waals surface area contributed by atoms with Gasteiger partial charge in [0, 0.05) is 0 Å². The van der Waals surface area contributed by atoms with Gasteiger partial charge in [0.25, 0.3) is 5.95 Å². The average molecular weight is 303 g/mol. The minimum absolute atomic E-state index is 0.583. The highest BCUT2D eigenvalue weighted by molar-refractivity contribution is 6.70. The van der Waals surface area contributed by atoms with E-state index in [1.165, 1.54) is 0 Å². The summed E-state index contributed by atoms with van der Waals surface area (Å²) in [4.78, 5) is 0. The Morgan fingerprint density at radius 2 is 1.42 bits per heavy atom. The van der Waals surface area contributed by atoms with Crippen molar-refractivity contribution in [3.63, 3.8) is 0 Å². The third kappa shape index (κ3) is 10.9. The molecule has 0 aromatic carbocycles. The van der Waals surface area contributed by atoms with Crippen molar-refractivity contribution in [2.24, 2.45) is 0 Å². The second kappa shape index (κ2) is 7.79. The van der Waals surface area contributed by atoms with E-state index in [9.17, 15) is 0 Å².